The van der Waals surface area contributed by atoms with Crippen LogP contribution in [0.1, 0.15) is 21.1 Å². The minimum Gasteiger partial charge on any atom is -0.338 e. The molecule has 0 aromatic heterocycles. The Morgan fingerprint density at radius 3 is 2.05 bits per heavy atom. The van der Waals surface area contributed by atoms with Gasteiger partial charge in [-0.05, 0) is 11.1 Å². The van der Waals surface area contributed by atoms with Crippen LogP contribution in [0, 0.1) is 0 Å². The molecule has 2 aromatic carbocycles. The number of amidine groups is 1. The van der Waals surface area contributed by atoms with Gasteiger partial charge in [0.15, 0.2) is 5.17 Å². The first-order valence-corrected chi connectivity index (χ1v) is 8.73. The van der Waals surface area contributed by atoms with Crippen molar-refractivity contribution in [2.45, 2.75) is 9.96 Å². The van der Waals surface area contributed by atoms with Gasteiger partial charge in [0.1, 0.15) is 5.37 Å². The van der Waals surface area contributed by atoms with Crippen molar-refractivity contribution in [1.82, 2.24) is 4.90 Å². The van der Waals surface area contributed by atoms with Gasteiger partial charge in [-0.15, -0.1) is 11.8 Å². The van der Waals surface area contributed by atoms with Crippen molar-refractivity contribution in [3.05, 3.63) is 71.8 Å². The Labute approximate surface area is 134 Å². The Hall–Kier alpha value is -1.39. The molecular formula is C17H18N2S2. The van der Waals surface area contributed by atoms with E-state index in [0.717, 1.165) is 5.17 Å². The van der Waals surface area contributed by atoms with Crippen LogP contribution in [0.3, 0.4) is 0 Å². The minimum atomic E-state index is 0.302. The van der Waals surface area contributed by atoms with Crippen molar-refractivity contribution in [2.75, 3.05) is 14.1 Å². The number of nitrogens with zero attached hydrogens (tertiary/aromatic N) is 2. The fourth-order valence-electron chi connectivity index (χ4n) is 2.40. The van der Waals surface area contributed by atoms with Crippen molar-refractivity contribution in [3.8, 4) is 0 Å². The molecule has 3 rings (SSSR count). The molecule has 4 heteroatoms. The second kappa shape index (κ2) is 6.58. The molecular weight excluding hydrogens is 296 g/mol. The predicted molar refractivity (Wildman–Crippen MR) is 94.7 cm³/mol. The van der Waals surface area contributed by atoms with Crippen LogP contribution in [0.25, 0.3) is 0 Å². The number of aliphatic imine (C=N–C) groups is 1. The average molecular weight is 314 g/mol. The molecule has 0 bridgehead atoms. The van der Waals surface area contributed by atoms with Gasteiger partial charge in [0, 0.05) is 14.1 Å². The van der Waals surface area contributed by atoms with E-state index in [0.29, 0.717) is 9.96 Å². The highest BCUT2D eigenvalue weighted by Crippen LogP contribution is 2.53. The fourth-order valence-corrected chi connectivity index (χ4v) is 5.27. The normalized spacial score (nSPS) is 24.3. The monoisotopic (exact) mass is 314 g/mol. The first kappa shape index (κ1) is 14.5. The lowest BCUT2D eigenvalue weighted by Gasteiger charge is -2.38. The van der Waals surface area contributed by atoms with Crippen LogP contribution in [0.5, 0.6) is 0 Å². The lowest BCUT2D eigenvalue weighted by molar-refractivity contribution is 0.493. The molecule has 2 aromatic rings. The number of rotatable bonds is 2. The maximum atomic E-state index is 4.47. The maximum Gasteiger partial charge on any atom is 0.161 e. The Kier molecular flexibility index (Phi) is 4.56. The molecule has 1 saturated heterocycles. The third kappa shape index (κ3) is 3.11. The molecule has 2 atom stereocenters. The largest absolute Gasteiger partial charge is 0.338 e. The maximum absolute atomic E-state index is 4.47. The average Bonchev–Trinajstić information content (AvgIpc) is 2.56. The topological polar surface area (TPSA) is 15.6 Å². The van der Waals surface area contributed by atoms with E-state index < -0.39 is 0 Å². The lowest BCUT2D eigenvalue weighted by Crippen LogP contribution is -2.31. The van der Waals surface area contributed by atoms with E-state index >= 15 is 0 Å². The fraction of sp³-hybridized carbons (Fsp3) is 0.235. The zero-order valence-corrected chi connectivity index (χ0v) is 13.8. The van der Waals surface area contributed by atoms with Crippen molar-refractivity contribution >= 4 is 28.7 Å². The molecule has 0 amide bonds. The number of hydrogen-bond acceptors (Lipinski definition) is 3. The second-order valence-corrected chi connectivity index (χ2v) is 7.44. The smallest absolute Gasteiger partial charge is 0.161 e. The van der Waals surface area contributed by atoms with E-state index in [4.69, 9.17) is 0 Å². The van der Waals surface area contributed by atoms with Crippen LogP contribution in [-0.4, -0.2) is 24.2 Å². The summed E-state index contributed by atoms with van der Waals surface area (Å²) in [5.74, 6) is 0. The SMILES string of the molecule is CN=C1S[C@@H](c2ccccc2)S[C@@H](c2ccccc2)N1C. The van der Waals surface area contributed by atoms with Crippen LogP contribution in [-0.2, 0) is 0 Å². The van der Waals surface area contributed by atoms with Crippen molar-refractivity contribution in [1.29, 1.82) is 0 Å². The highest BCUT2D eigenvalue weighted by molar-refractivity contribution is 8.25. The zero-order chi connectivity index (χ0) is 14.7. The quantitative estimate of drug-likeness (QED) is 0.793. The summed E-state index contributed by atoms with van der Waals surface area (Å²) < 4.78 is 0.381. The number of thioether (sulfide) groups is 2. The first-order chi connectivity index (χ1) is 10.3. The Balaban J connectivity index is 1.93. The Morgan fingerprint density at radius 1 is 0.905 bits per heavy atom. The molecule has 21 heavy (non-hydrogen) atoms. The van der Waals surface area contributed by atoms with E-state index in [9.17, 15) is 0 Å². The second-order valence-electron chi connectivity index (χ2n) is 4.88. The van der Waals surface area contributed by atoms with Gasteiger partial charge < -0.3 is 4.90 Å². The molecule has 0 radical (unpaired) electrons. The van der Waals surface area contributed by atoms with Crippen LogP contribution in [0.2, 0.25) is 0 Å². The van der Waals surface area contributed by atoms with E-state index in [1.807, 2.05) is 30.6 Å². The van der Waals surface area contributed by atoms with E-state index in [1.54, 1.807) is 0 Å². The lowest BCUT2D eigenvalue weighted by atomic mass is 10.2. The van der Waals surface area contributed by atoms with Crippen LogP contribution in [0.4, 0.5) is 0 Å². The molecule has 0 spiro atoms. The van der Waals surface area contributed by atoms with E-state index in [-0.39, 0.29) is 0 Å². The predicted octanol–water partition coefficient (Wildman–Crippen LogP) is 4.78. The summed E-state index contributed by atoms with van der Waals surface area (Å²) in [6.07, 6.45) is 0. The van der Waals surface area contributed by atoms with Crippen molar-refractivity contribution in [2.24, 2.45) is 4.99 Å². The summed E-state index contributed by atoms with van der Waals surface area (Å²) in [6.45, 7) is 0. The van der Waals surface area contributed by atoms with Gasteiger partial charge in [-0.1, -0.05) is 72.4 Å². The van der Waals surface area contributed by atoms with E-state index in [2.05, 4.69) is 77.6 Å². The van der Waals surface area contributed by atoms with Crippen LogP contribution in [0.15, 0.2) is 65.7 Å². The summed E-state index contributed by atoms with van der Waals surface area (Å²) in [6, 6.07) is 21.3. The summed E-state index contributed by atoms with van der Waals surface area (Å²) >= 11 is 3.80. The molecule has 0 unspecified atom stereocenters. The molecule has 1 fully saturated rings. The van der Waals surface area contributed by atoms with Gasteiger partial charge in [0.05, 0.1) is 4.58 Å². The highest BCUT2D eigenvalue weighted by atomic mass is 32.2. The van der Waals surface area contributed by atoms with Gasteiger partial charge in [-0.2, -0.15) is 0 Å². The third-order valence-electron chi connectivity index (χ3n) is 3.47. The van der Waals surface area contributed by atoms with Gasteiger partial charge in [0.2, 0.25) is 0 Å². The third-order valence-corrected chi connectivity index (χ3v) is 6.62. The van der Waals surface area contributed by atoms with Gasteiger partial charge in [-0.25, -0.2) is 0 Å². The zero-order valence-electron chi connectivity index (χ0n) is 12.1. The Bertz CT molecular complexity index is 613. The Morgan fingerprint density at radius 2 is 1.48 bits per heavy atom. The molecule has 1 heterocycles. The molecule has 108 valence electrons. The molecule has 0 aliphatic carbocycles. The molecule has 2 nitrogen and oxygen atoms in total. The molecule has 0 saturated carbocycles. The molecule has 0 N–H and O–H groups in total. The summed E-state index contributed by atoms with van der Waals surface area (Å²) in [5, 5.41) is 1.40. The summed E-state index contributed by atoms with van der Waals surface area (Å²) in [4.78, 5) is 6.74. The van der Waals surface area contributed by atoms with Crippen LogP contribution >= 0.6 is 23.5 Å². The highest BCUT2D eigenvalue weighted by Gasteiger charge is 2.32. The summed E-state index contributed by atoms with van der Waals surface area (Å²) in [5.41, 5.74) is 2.68. The molecule has 1 aliphatic rings. The standard InChI is InChI=1S/C17H18N2S2/c1-18-17-19(2)15(13-9-5-3-6-10-13)20-16(21-17)14-11-7-4-8-12-14/h3-12,15-16H,1-2H3/t15-,16-/m0/s1. The summed E-state index contributed by atoms with van der Waals surface area (Å²) in [7, 11) is 4.00. The van der Waals surface area contributed by atoms with Gasteiger partial charge in [-0.3, -0.25) is 4.99 Å². The van der Waals surface area contributed by atoms with Gasteiger partial charge in [0.25, 0.3) is 0 Å². The van der Waals surface area contributed by atoms with E-state index in [1.165, 1.54) is 11.1 Å². The first-order valence-electron chi connectivity index (χ1n) is 6.91. The van der Waals surface area contributed by atoms with Crippen molar-refractivity contribution in [3.63, 3.8) is 0 Å². The molecule has 1 aliphatic heterocycles. The van der Waals surface area contributed by atoms with Crippen molar-refractivity contribution < 1.29 is 0 Å². The number of benzene rings is 2. The van der Waals surface area contributed by atoms with Crippen LogP contribution < -0.4 is 0 Å². The van der Waals surface area contributed by atoms with Gasteiger partial charge >= 0.3 is 0 Å². The minimum absolute atomic E-state index is 0.302. The number of hydrogen-bond donors (Lipinski definition) is 0.